The van der Waals surface area contributed by atoms with Crippen molar-refractivity contribution in [3.05, 3.63) is 54.1 Å². The van der Waals surface area contributed by atoms with Gasteiger partial charge in [-0.1, -0.05) is 30.3 Å². The lowest BCUT2D eigenvalue weighted by Gasteiger charge is -2.30. The molecule has 0 spiro atoms. The summed E-state index contributed by atoms with van der Waals surface area (Å²) in [5, 5.41) is 24.8. The standard InChI is InChI=1S/C24H32N6O6/c1-14(31)20(23(34)30-9-5-8-19(30)24(35)36)29-22(33)18(11-16-12-26-13-27-16)28-21(32)17(25)10-15-6-3-2-4-7-15/h2-4,6-7,12-14,17-20,31H,5,8-11,25H2,1H3,(H,26,27)(H,28,32)(H,29,33)(H,35,36). The summed E-state index contributed by atoms with van der Waals surface area (Å²) < 4.78 is 0. The second-order valence-electron chi connectivity index (χ2n) is 8.89. The van der Waals surface area contributed by atoms with Gasteiger partial charge in [-0.2, -0.15) is 0 Å². The van der Waals surface area contributed by atoms with E-state index in [9.17, 15) is 29.4 Å². The second kappa shape index (κ2) is 12.3. The Balaban J connectivity index is 1.73. The zero-order valence-corrected chi connectivity index (χ0v) is 20.0. The van der Waals surface area contributed by atoms with Crippen LogP contribution in [0.15, 0.2) is 42.9 Å². The van der Waals surface area contributed by atoms with E-state index >= 15 is 0 Å². The minimum absolute atomic E-state index is 0.0256. The molecule has 2 heterocycles. The van der Waals surface area contributed by atoms with Gasteiger partial charge < -0.3 is 36.5 Å². The molecule has 1 fully saturated rings. The highest BCUT2D eigenvalue weighted by atomic mass is 16.4. The van der Waals surface area contributed by atoms with Crippen molar-refractivity contribution < 1.29 is 29.4 Å². The van der Waals surface area contributed by atoms with Crippen LogP contribution in [-0.2, 0) is 32.0 Å². The summed E-state index contributed by atoms with van der Waals surface area (Å²) in [5.74, 6) is -3.14. The SMILES string of the molecule is CC(O)C(NC(=O)C(Cc1cnc[nH]1)NC(=O)C(N)Cc1ccccc1)C(=O)N1CCCC1C(=O)O. The van der Waals surface area contributed by atoms with Gasteiger partial charge in [0.25, 0.3) is 0 Å². The average molecular weight is 501 g/mol. The van der Waals surface area contributed by atoms with Crippen LogP contribution in [0, 0.1) is 0 Å². The minimum Gasteiger partial charge on any atom is -0.480 e. The number of likely N-dealkylation sites (tertiary alicyclic amines) is 1. The van der Waals surface area contributed by atoms with Gasteiger partial charge in [0.05, 0.1) is 18.5 Å². The lowest BCUT2D eigenvalue weighted by molar-refractivity contribution is -0.150. The van der Waals surface area contributed by atoms with Crippen molar-refractivity contribution in [2.45, 2.75) is 62.9 Å². The molecule has 1 aromatic carbocycles. The van der Waals surface area contributed by atoms with Crippen molar-refractivity contribution in [2.75, 3.05) is 6.54 Å². The zero-order valence-electron chi connectivity index (χ0n) is 20.0. The zero-order chi connectivity index (χ0) is 26.2. The maximum absolute atomic E-state index is 13.2. The van der Waals surface area contributed by atoms with Crippen molar-refractivity contribution in [1.29, 1.82) is 0 Å². The van der Waals surface area contributed by atoms with Crippen LogP contribution in [0.3, 0.4) is 0 Å². The number of nitrogens with zero attached hydrogens (tertiary/aromatic N) is 2. The Morgan fingerprint density at radius 3 is 2.50 bits per heavy atom. The fourth-order valence-corrected chi connectivity index (χ4v) is 4.17. The molecular formula is C24H32N6O6. The Kier molecular flexibility index (Phi) is 9.14. The number of nitrogens with one attached hydrogen (secondary N) is 3. The van der Waals surface area contributed by atoms with Gasteiger partial charge in [-0.3, -0.25) is 14.4 Å². The number of carboxylic acids is 1. The molecule has 194 valence electrons. The summed E-state index contributed by atoms with van der Waals surface area (Å²) in [6.07, 6.45) is 2.69. The minimum atomic E-state index is -1.39. The predicted octanol–water partition coefficient (Wildman–Crippen LogP) is -1.05. The van der Waals surface area contributed by atoms with Gasteiger partial charge in [-0.05, 0) is 31.7 Å². The van der Waals surface area contributed by atoms with Crippen LogP contribution in [0.2, 0.25) is 0 Å². The third-order valence-electron chi connectivity index (χ3n) is 6.11. The van der Waals surface area contributed by atoms with Crippen LogP contribution in [0.1, 0.15) is 31.0 Å². The average Bonchev–Trinajstić information content (AvgIpc) is 3.54. The van der Waals surface area contributed by atoms with Crippen molar-refractivity contribution in [2.24, 2.45) is 5.73 Å². The molecular weight excluding hydrogens is 468 g/mol. The Morgan fingerprint density at radius 2 is 1.89 bits per heavy atom. The van der Waals surface area contributed by atoms with Crippen LogP contribution in [0.4, 0.5) is 0 Å². The number of aliphatic carboxylic acids is 1. The number of aliphatic hydroxyl groups excluding tert-OH is 1. The van der Waals surface area contributed by atoms with Gasteiger partial charge in [0.2, 0.25) is 17.7 Å². The molecule has 12 nitrogen and oxygen atoms in total. The third kappa shape index (κ3) is 6.89. The van der Waals surface area contributed by atoms with Crippen molar-refractivity contribution in [1.82, 2.24) is 25.5 Å². The first-order valence-electron chi connectivity index (χ1n) is 11.8. The summed E-state index contributed by atoms with van der Waals surface area (Å²) >= 11 is 0. The van der Waals surface area contributed by atoms with Gasteiger partial charge in [-0.25, -0.2) is 9.78 Å². The molecule has 5 unspecified atom stereocenters. The van der Waals surface area contributed by atoms with Crippen LogP contribution >= 0.6 is 0 Å². The van der Waals surface area contributed by atoms with E-state index in [2.05, 4.69) is 20.6 Å². The Morgan fingerprint density at radius 1 is 1.17 bits per heavy atom. The number of carbonyl (C=O) groups is 4. The number of aromatic amines is 1. The number of hydrogen-bond acceptors (Lipinski definition) is 7. The van der Waals surface area contributed by atoms with Crippen LogP contribution in [-0.4, -0.2) is 85.6 Å². The Labute approximate surface area is 208 Å². The van der Waals surface area contributed by atoms with E-state index in [-0.39, 0.29) is 19.4 Å². The molecule has 12 heteroatoms. The molecule has 36 heavy (non-hydrogen) atoms. The van der Waals surface area contributed by atoms with Gasteiger partial charge in [0.15, 0.2) is 0 Å². The lowest BCUT2D eigenvalue weighted by Crippen LogP contribution is -2.60. The molecule has 1 saturated heterocycles. The molecule has 3 amide bonds. The molecule has 0 aliphatic carbocycles. The predicted molar refractivity (Wildman–Crippen MR) is 128 cm³/mol. The highest BCUT2D eigenvalue weighted by molar-refractivity contribution is 5.94. The molecule has 0 radical (unpaired) electrons. The van der Waals surface area contributed by atoms with E-state index in [4.69, 9.17) is 5.73 Å². The number of carboxylic acid groups (broad SMARTS) is 1. The lowest BCUT2D eigenvalue weighted by atomic mass is 10.0. The topological polar surface area (TPSA) is 191 Å². The van der Waals surface area contributed by atoms with Gasteiger partial charge >= 0.3 is 5.97 Å². The molecule has 0 saturated carbocycles. The number of amides is 3. The molecule has 5 atom stereocenters. The number of aliphatic hydroxyl groups is 1. The molecule has 1 aliphatic rings. The first-order chi connectivity index (χ1) is 17.2. The van der Waals surface area contributed by atoms with Gasteiger partial charge in [-0.15, -0.1) is 0 Å². The number of H-pyrrole nitrogens is 1. The van der Waals surface area contributed by atoms with Crippen molar-refractivity contribution >= 4 is 23.7 Å². The third-order valence-corrected chi connectivity index (χ3v) is 6.11. The first-order valence-corrected chi connectivity index (χ1v) is 11.8. The summed E-state index contributed by atoms with van der Waals surface area (Å²) in [6.45, 7) is 1.53. The Hall–Kier alpha value is -3.77. The molecule has 0 bridgehead atoms. The number of rotatable bonds is 11. The van der Waals surface area contributed by atoms with Gasteiger partial charge in [0.1, 0.15) is 18.1 Å². The van der Waals surface area contributed by atoms with Crippen molar-refractivity contribution in [3.8, 4) is 0 Å². The van der Waals surface area contributed by atoms with E-state index < -0.39 is 54.0 Å². The summed E-state index contributed by atoms with van der Waals surface area (Å²) in [4.78, 5) is 58.6. The summed E-state index contributed by atoms with van der Waals surface area (Å²) in [7, 11) is 0. The van der Waals surface area contributed by atoms with E-state index in [1.165, 1.54) is 19.4 Å². The first kappa shape index (κ1) is 26.8. The fraction of sp³-hybridized carbons (Fsp3) is 0.458. The number of carbonyl (C=O) groups excluding carboxylic acids is 3. The van der Waals surface area contributed by atoms with Crippen LogP contribution in [0.5, 0.6) is 0 Å². The monoisotopic (exact) mass is 500 g/mol. The van der Waals surface area contributed by atoms with Gasteiger partial charge in [0, 0.05) is 24.9 Å². The highest BCUT2D eigenvalue weighted by Crippen LogP contribution is 2.19. The number of hydrogen-bond donors (Lipinski definition) is 6. The van der Waals surface area contributed by atoms with E-state index in [0.717, 1.165) is 10.5 Å². The number of imidazole rings is 1. The number of benzene rings is 1. The Bertz CT molecular complexity index is 1040. The highest BCUT2D eigenvalue weighted by Gasteiger charge is 2.40. The smallest absolute Gasteiger partial charge is 0.326 e. The quantitative estimate of drug-likeness (QED) is 0.225. The van der Waals surface area contributed by atoms with Crippen LogP contribution in [0.25, 0.3) is 0 Å². The maximum atomic E-state index is 13.2. The summed E-state index contributed by atoms with van der Waals surface area (Å²) in [6, 6.07) is 4.70. The van der Waals surface area contributed by atoms with Crippen LogP contribution < -0.4 is 16.4 Å². The maximum Gasteiger partial charge on any atom is 0.326 e. The fourth-order valence-electron chi connectivity index (χ4n) is 4.17. The molecule has 1 aliphatic heterocycles. The number of nitrogens with two attached hydrogens (primary N) is 1. The molecule has 3 rings (SSSR count). The van der Waals surface area contributed by atoms with E-state index in [1.54, 1.807) is 0 Å². The second-order valence-corrected chi connectivity index (χ2v) is 8.89. The largest absolute Gasteiger partial charge is 0.480 e. The summed E-state index contributed by atoms with van der Waals surface area (Å²) in [5.41, 5.74) is 7.48. The molecule has 1 aromatic heterocycles. The van der Waals surface area contributed by atoms with E-state index in [0.29, 0.717) is 18.5 Å². The molecule has 2 aromatic rings. The normalized spacial score (nSPS) is 18.6. The van der Waals surface area contributed by atoms with E-state index in [1.807, 2.05) is 30.3 Å². The van der Waals surface area contributed by atoms with Crippen molar-refractivity contribution in [3.63, 3.8) is 0 Å². The number of aromatic nitrogens is 2. The molecule has 7 N–H and O–H groups in total.